The van der Waals surface area contributed by atoms with Crippen molar-refractivity contribution in [3.63, 3.8) is 0 Å². The molecule has 4 bridgehead atoms. The van der Waals surface area contributed by atoms with Gasteiger partial charge in [0.05, 0.1) is 0 Å². The number of hydrogen-bond acceptors (Lipinski definition) is 1. The van der Waals surface area contributed by atoms with Crippen LogP contribution in [0.4, 0.5) is 4.79 Å². The third kappa shape index (κ3) is 3.06. The van der Waals surface area contributed by atoms with Gasteiger partial charge in [-0.2, -0.15) is 0 Å². The molecule has 4 saturated carbocycles. The summed E-state index contributed by atoms with van der Waals surface area (Å²) >= 11 is 12.3. The molecule has 6 rings (SSSR count). The Morgan fingerprint density at radius 1 is 1.07 bits per heavy atom. The van der Waals surface area contributed by atoms with Crippen LogP contribution in [-0.4, -0.2) is 35.0 Å². The minimum atomic E-state index is 0.185. The second-order valence-corrected chi connectivity index (χ2v) is 10.4. The number of benzene rings is 1. The van der Waals surface area contributed by atoms with E-state index in [0.29, 0.717) is 28.0 Å². The summed E-state index contributed by atoms with van der Waals surface area (Å²) in [6, 6.07) is 6.07. The van der Waals surface area contributed by atoms with Crippen LogP contribution in [0.2, 0.25) is 10.0 Å². The molecular weight excluding hydrogens is 379 g/mol. The lowest BCUT2D eigenvalue weighted by Crippen LogP contribution is -2.56. The summed E-state index contributed by atoms with van der Waals surface area (Å²) in [6.07, 6.45) is 8.36. The van der Waals surface area contributed by atoms with Crippen LogP contribution in [0.3, 0.4) is 0 Å². The largest absolute Gasteiger partial charge is 0.320 e. The van der Waals surface area contributed by atoms with Crippen molar-refractivity contribution in [2.45, 2.75) is 58.0 Å². The zero-order chi connectivity index (χ0) is 18.8. The number of amides is 2. The molecular formula is C22H28Cl2N2O. The SMILES string of the molecule is CC(N1CCN(Cc2ccc(Cl)cc2Cl)C1=O)C12CC3CC(CC(C3)C1)C2. The van der Waals surface area contributed by atoms with E-state index >= 15 is 0 Å². The number of hydrogen-bond donors (Lipinski definition) is 0. The summed E-state index contributed by atoms with van der Waals surface area (Å²) in [5.74, 6) is 2.75. The molecule has 5 heteroatoms. The summed E-state index contributed by atoms with van der Waals surface area (Å²) in [4.78, 5) is 17.3. The van der Waals surface area contributed by atoms with E-state index in [-0.39, 0.29) is 6.03 Å². The molecule has 1 unspecified atom stereocenters. The van der Waals surface area contributed by atoms with Gasteiger partial charge in [0.1, 0.15) is 0 Å². The predicted molar refractivity (Wildman–Crippen MR) is 109 cm³/mol. The van der Waals surface area contributed by atoms with Gasteiger partial charge < -0.3 is 9.80 Å². The highest BCUT2D eigenvalue weighted by molar-refractivity contribution is 6.35. The maximum absolute atomic E-state index is 13.2. The average molecular weight is 407 g/mol. The normalized spacial score (nSPS) is 36.0. The van der Waals surface area contributed by atoms with E-state index in [0.717, 1.165) is 36.4 Å². The Labute approximate surface area is 172 Å². The maximum atomic E-state index is 13.2. The Hall–Kier alpha value is -0.930. The maximum Gasteiger partial charge on any atom is 0.320 e. The fraction of sp³-hybridized carbons (Fsp3) is 0.682. The van der Waals surface area contributed by atoms with Crippen molar-refractivity contribution in [3.8, 4) is 0 Å². The number of carbonyl (C=O) groups excluding carboxylic acids is 1. The van der Waals surface area contributed by atoms with Crippen molar-refractivity contribution in [1.29, 1.82) is 0 Å². The lowest BCUT2D eigenvalue weighted by atomic mass is 9.47. The molecule has 27 heavy (non-hydrogen) atoms. The van der Waals surface area contributed by atoms with Crippen molar-refractivity contribution < 1.29 is 4.79 Å². The first-order valence-corrected chi connectivity index (χ1v) is 11.2. The van der Waals surface area contributed by atoms with Crippen LogP contribution in [0, 0.1) is 23.2 Å². The van der Waals surface area contributed by atoms with Crippen LogP contribution in [0.1, 0.15) is 51.0 Å². The van der Waals surface area contributed by atoms with Gasteiger partial charge in [-0.3, -0.25) is 0 Å². The molecule has 0 aromatic heterocycles. The lowest BCUT2D eigenvalue weighted by Gasteiger charge is -2.60. The van der Waals surface area contributed by atoms with Crippen LogP contribution in [0.5, 0.6) is 0 Å². The highest BCUT2D eigenvalue weighted by Crippen LogP contribution is 2.62. The highest BCUT2D eigenvalue weighted by atomic mass is 35.5. The van der Waals surface area contributed by atoms with E-state index in [1.54, 1.807) is 6.07 Å². The van der Waals surface area contributed by atoms with Crippen LogP contribution >= 0.6 is 23.2 Å². The van der Waals surface area contributed by atoms with Crippen LogP contribution in [0.25, 0.3) is 0 Å². The van der Waals surface area contributed by atoms with Gasteiger partial charge >= 0.3 is 6.03 Å². The summed E-state index contributed by atoms with van der Waals surface area (Å²) in [5.41, 5.74) is 1.34. The third-order valence-electron chi connectivity index (χ3n) is 7.94. The quantitative estimate of drug-likeness (QED) is 0.616. The van der Waals surface area contributed by atoms with Gasteiger partial charge in [0.2, 0.25) is 0 Å². The number of rotatable bonds is 4. The van der Waals surface area contributed by atoms with Crippen LogP contribution < -0.4 is 0 Å². The monoisotopic (exact) mass is 406 g/mol. The average Bonchev–Trinajstić information content (AvgIpc) is 2.96. The number of carbonyl (C=O) groups is 1. The molecule has 1 heterocycles. The Morgan fingerprint density at radius 2 is 1.70 bits per heavy atom. The molecule has 5 fully saturated rings. The van der Waals surface area contributed by atoms with Gasteiger partial charge in [0.25, 0.3) is 0 Å². The first-order valence-electron chi connectivity index (χ1n) is 10.4. The summed E-state index contributed by atoms with van der Waals surface area (Å²) in [5, 5.41) is 1.27. The first kappa shape index (κ1) is 18.1. The minimum absolute atomic E-state index is 0.185. The lowest BCUT2D eigenvalue weighted by molar-refractivity contribution is -0.0867. The van der Waals surface area contributed by atoms with E-state index in [4.69, 9.17) is 23.2 Å². The molecule has 1 saturated heterocycles. The standard InChI is InChI=1S/C22H28Cl2N2O/c1-14(22-10-15-6-16(11-22)8-17(7-15)12-22)26-5-4-25(21(26)27)13-18-2-3-19(23)9-20(18)24/h2-3,9,14-17H,4-8,10-13H2,1H3. The Bertz CT molecular complexity index is 729. The van der Waals surface area contributed by atoms with E-state index < -0.39 is 0 Å². The molecule has 0 N–H and O–H groups in total. The zero-order valence-corrected chi connectivity index (χ0v) is 17.5. The molecule has 1 aliphatic heterocycles. The topological polar surface area (TPSA) is 23.6 Å². The Kier molecular flexibility index (Phi) is 4.40. The Balaban J connectivity index is 1.31. The zero-order valence-electron chi connectivity index (χ0n) is 16.0. The minimum Gasteiger partial charge on any atom is -0.320 e. The van der Waals surface area contributed by atoms with E-state index in [2.05, 4.69) is 11.8 Å². The molecule has 2 amide bonds. The van der Waals surface area contributed by atoms with E-state index in [1.807, 2.05) is 17.0 Å². The molecule has 0 radical (unpaired) electrons. The molecule has 1 atom stereocenters. The van der Waals surface area contributed by atoms with E-state index in [1.165, 1.54) is 38.5 Å². The van der Waals surface area contributed by atoms with Crippen molar-refractivity contribution >= 4 is 29.2 Å². The molecule has 3 nitrogen and oxygen atoms in total. The molecule has 4 aliphatic carbocycles. The van der Waals surface area contributed by atoms with Gasteiger partial charge in [-0.05, 0) is 86.3 Å². The number of urea groups is 1. The molecule has 0 spiro atoms. The fourth-order valence-electron chi connectivity index (χ4n) is 6.98. The fourth-order valence-corrected chi connectivity index (χ4v) is 7.45. The molecule has 1 aromatic rings. The van der Waals surface area contributed by atoms with Crippen molar-refractivity contribution in [2.24, 2.45) is 23.2 Å². The van der Waals surface area contributed by atoms with Gasteiger partial charge in [-0.1, -0.05) is 29.3 Å². The predicted octanol–water partition coefficient (Wildman–Crippen LogP) is 5.84. The van der Waals surface area contributed by atoms with Gasteiger partial charge in [-0.15, -0.1) is 0 Å². The summed E-state index contributed by atoms with van der Waals surface area (Å²) in [7, 11) is 0. The number of nitrogens with zero attached hydrogens (tertiary/aromatic N) is 2. The van der Waals surface area contributed by atoms with Crippen LogP contribution in [0.15, 0.2) is 18.2 Å². The third-order valence-corrected chi connectivity index (χ3v) is 8.53. The van der Waals surface area contributed by atoms with Gasteiger partial charge in [-0.25, -0.2) is 4.79 Å². The first-order chi connectivity index (χ1) is 12.9. The number of halogens is 2. The molecule has 1 aromatic carbocycles. The smallest absolute Gasteiger partial charge is 0.320 e. The molecule has 5 aliphatic rings. The van der Waals surface area contributed by atoms with Crippen molar-refractivity contribution in [1.82, 2.24) is 9.80 Å². The van der Waals surface area contributed by atoms with E-state index in [9.17, 15) is 4.79 Å². The van der Waals surface area contributed by atoms with Gasteiger partial charge in [0.15, 0.2) is 0 Å². The summed E-state index contributed by atoms with van der Waals surface area (Å²) in [6.45, 7) is 4.52. The second-order valence-electron chi connectivity index (χ2n) is 9.59. The van der Waals surface area contributed by atoms with Crippen LogP contribution in [-0.2, 0) is 6.54 Å². The Morgan fingerprint density at radius 3 is 2.30 bits per heavy atom. The summed E-state index contributed by atoms with van der Waals surface area (Å²) < 4.78 is 0. The van der Waals surface area contributed by atoms with Crippen molar-refractivity contribution in [3.05, 3.63) is 33.8 Å². The highest BCUT2D eigenvalue weighted by Gasteiger charge is 2.55. The van der Waals surface area contributed by atoms with Gasteiger partial charge in [0, 0.05) is 35.7 Å². The second kappa shape index (κ2) is 6.56. The van der Waals surface area contributed by atoms with Crippen molar-refractivity contribution in [2.75, 3.05) is 13.1 Å². The molecule has 146 valence electrons.